The molecule has 2 amide bonds. The topological polar surface area (TPSA) is 118 Å². The number of hydrogen-bond donors (Lipinski definition) is 3. The summed E-state index contributed by atoms with van der Waals surface area (Å²) in [7, 11) is 1.55. The van der Waals surface area contributed by atoms with E-state index in [2.05, 4.69) is 20.8 Å². The number of hydrogen-bond acceptors (Lipinski definition) is 7. The smallest absolute Gasteiger partial charge is 0.251 e. The van der Waals surface area contributed by atoms with Crippen molar-refractivity contribution in [3.05, 3.63) is 78.1 Å². The minimum Gasteiger partial charge on any atom is -0.497 e. The average molecular weight is 506 g/mol. The fourth-order valence-corrected chi connectivity index (χ4v) is 4.60. The van der Waals surface area contributed by atoms with Crippen LogP contribution in [0.15, 0.2) is 71.9 Å². The van der Waals surface area contributed by atoms with E-state index in [4.69, 9.17) is 4.74 Å². The Morgan fingerprint density at radius 2 is 1.81 bits per heavy atom. The number of carbonyl (C=O) groups excluding carboxylic acids is 2. The number of fused-ring (bicyclic) bond motifs is 1. The molecule has 0 spiro atoms. The summed E-state index contributed by atoms with van der Waals surface area (Å²) in [5.74, 6) is 0.658. The van der Waals surface area contributed by atoms with E-state index >= 15 is 0 Å². The van der Waals surface area contributed by atoms with Gasteiger partial charge in [-0.05, 0) is 42.6 Å². The summed E-state index contributed by atoms with van der Waals surface area (Å²) >= 11 is 1.24. The molecule has 0 aliphatic heterocycles. The Hall–Kier alpha value is -3.89. The molecule has 1 heterocycles. The number of aromatic nitrogens is 3. The second kappa shape index (κ2) is 11.7. The molecule has 3 N–H and O–H groups in total. The molecular weight excluding hydrogens is 478 g/mol. The van der Waals surface area contributed by atoms with Crippen LogP contribution in [0.4, 0.5) is 5.69 Å². The van der Waals surface area contributed by atoms with Gasteiger partial charge in [-0.25, -0.2) is 0 Å². The van der Waals surface area contributed by atoms with Crippen molar-refractivity contribution < 1.29 is 19.4 Å². The maximum Gasteiger partial charge on any atom is 0.251 e. The summed E-state index contributed by atoms with van der Waals surface area (Å²) in [5.41, 5.74) is 1.18. The number of thioether (sulfide) groups is 1. The molecule has 36 heavy (non-hydrogen) atoms. The summed E-state index contributed by atoms with van der Waals surface area (Å²) in [6, 6.07) is 19.5. The van der Waals surface area contributed by atoms with Crippen molar-refractivity contribution in [1.82, 2.24) is 20.1 Å². The third kappa shape index (κ3) is 5.67. The maximum absolute atomic E-state index is 12.7. The van der Waals surface area contributed by atoms with Crippen LogP contribution in [0.1, 0.15) is 29.1 Å². The Labute approximate surface area is 212 Å². The van der Waals surface area contributed by atoms with E-state index in [9.17, 15) is 14.7 Å². The van der Waals surface area contributed by atoms with Crippen molar-refractivity contribution in [2.75, 3.05) is 24.8 Å². The molecule has 0 saturated heterocycles. The van der Waals surface area contributed by atoms with Crippen LogP contribution in [0.2, 0.25) is 0 Å². The number of amides is 2. The number of nitrogens with zero attached hydrogens (tertiary/aromatic N) is 3. The zero-order valence-electron chi connectivity index (χ0n) is 20.0. The van der Waals surface area contributed by atoms with E-state index < -0.39 is 6.04 Å². The van der Waals surface area contributed by atoms with Crippen molar-refractivity contribution >= 4 is 40.0 Å². The van der Waals surface area contributed by atoms with Crippen molar-refractivity contribution in [3.8, 4) is 5.75 Å². The van der Waals surface area contributed by atoms with Crippen LogP contribution in [-0.2, 0) is 11.3 Å². The molecule has 10 heteroatoms. The lowest BCUT2D eigenvalue weighted by Gasteiger charge is -2.17. The van der Waals surface area contributed by atoms with Gasteiger partial charge in [-0.3, -0.25) is 9.59 Å². The fourth-order valence-electron chi connectivity index (χ4n) is 3.79. The number of anilines is 1. The maximum atomic E-state index is 12.7. The molecule has 4 aromatic rings. The monoisotopic (exact) mass is 505 g/mol. The standard InChI is InChI=1S/C26H27N5O4S/c1-3-31-24(22(15-32)28-25(34)18-11-13-19(35-2)14-12-18)29-30-26(31)36-16-23(33)27-21-10-6-8-17-7-4-5-9-20(17)21/h4-14,22,32H,3,15-16H2,1-2H3,(H,27,33)(H,28,34)/t22-/m1/s1. The molecule has 3 aromatic carbocycles. The van der Waals surface area contributed by atoms with E-state index in [0.29, 0.717) is 28.8 Å². The number of ether oxygens (including phenoxy) is 1. The highest BCUT2D eigenvalue weighted by Gasteiger charge is 2.23. The van der Waals surface area contributed by atoms with Crippen LogP contribution in [0, 0.1) is 0 Å². The number of carbonyl (C=O) groups is 2. The van der Waals surface area contributed by atoms with Crippen LogP contribution in [0.25, 0.3) is 10.8 Å². The van der Waals surface area contributed by atoms with Gasteiger partial charge in [0.15, 0.2) is 11.0 Å². The second-order valence-corrected chi connectivity index (χ2v) is 8.83. The number of aliphatic hydroxyl groups is 1. The summed E-state index contributed by atoms with van der Waals surface area (Å²) in [4.78, 5) is 25.4. The number of rotatable bonds is 10. The van der Waals surface area contributed by atoms with Crippen molar-refractivity contribution in [2.45, 2.75) is 24.7 Å². The molecule has 0 aliphatic carbocycles. The molecule has 0 saturated carbocycles. The largest absolute Gasteiger partial charge is 0.497 e. The lowest BCUT2D eigenvalue weighted by Crippen LogP contribution is -2.32. The van der Waals surface area contributed by atoms with Gasteiger partial charge in [-0.15, -0.1) is 10.2 Å². The zero-order valence-corrected chi connectivity index (χ0v) is 20.8. The summed E-state index contributed by atoms with van der Waals surface area (Å²) in [6.45, 7) is 2.06. The SMILES string of the molecule is CCn1c(SCC(=O)Nc2cccc3ccccc23)nnc1[C@@H](CO)NC(=O)c1ccc(OC)cc1. The van der Waals surface area contributed by atoms with Crippen LogP contribution in [-0.4, -0.2) is 51.2 Å². The van der Waals surface area contributed by atoms with Gasteiger partial charge in [-0.2, -0.15) is 0 Å². The van der Waals surface area contributed by atoms with E-state index in [1.807, 2.05) is 49.4 Å². The van der Waals surface area contributed by atoms with Gasteiger partial charge in [0.2, 0.25) is 5.91 Å². The Kier molecular flexibility index (Phi) is 8.19. The van der Waals surface area contributed by atoms with Crippen LogP contribution >= 0.6 is 11.8 Å². The molecular formula is C26H27N5O4S. The van der Waals surface area contributed by atoms with E-state index in [0.717, 1.165) is 16.5 Å². The number of methoxy groups -OCH3 is 1. The minimum atomic E-state index is -0.758. The number of nitrogens with one attached hydrogen (secondary N) is 2. The quantitative estimate of drug-likeness (QED) is 0.282. The minimum absolute atomic E-state index is 0.128. The molecule has 0 aliphatic rings. The zero-order chi connectivity index (χ0) is 25.5. The Bertz CT molecular complexity index is 1350. The second-order valence-electron chi connectivity index (χ2n) is 7.89. The normalized spacial score (nSPS) is 11.8. The van der Waals surface area contributed by atoms with Gasteiger partial charge >= 0.3 is 0 Å². The van der Waals surface area contributed by atoms with E-state index in [-0.39, 0.29) is 24.2 Å². The van der Waals surface area contributed by atoms with Gasteiger partial charge < -0.3 is 25.0 Å². The molecule has 1 aromatic heterocycles. The number of aliphatic hydroxyl groups excluding tert-OH is 1. The van der Waals surface area contributed by atoms with Crippen LogP contribution < -0.4 is 15.4 Å². The molecule has 0 unspecified atom stereocenters. The van der Waals surface area contributed by atoms with E-state index in [1.54, 1.807) is 35.9 Å². The first-order valence-corrected chi connectivity index (χ1v) is 12.4. The molecule has 0 bridgehead atoms. The lowest BCUT2D eigenvalue weighted by atomic mass is 10.1. The van der Waals surface area contributed by atoms with Gasteiger partial charge in [-0.1, -0.05) is 48.2 Å². The number of benzene rings is 3. The Morgan fingerprint density at radius 1 is 1.06 bits per heavy atom. The molecule has 186 valence electrons. The van der Waals surface area contributed by atoms with Crippen molar-refractivity contribution in [2.24, 2.45) is 0 Å². The first kappa shape index (κ1) is 25.2. The predicted octanol–water partition coefficient (Wildman–Crippen LogP) is 3.65. The highest BCUT2D eigenvalue weighted by Crippen LogP contribution is 2.25. The molecule has 0 radical (unpaired) electrons. The average Bonchev–Trinajstić information content (AvgIpc) is 3.33. The summed E-state index contributed by atoms with van der Waals surface area (Å²) in [5, 5.41) is 26.7. The van der Waals surface area contributed by atoms with Gasteiger partial charge in [0.25, 0.3) is 5.91 Å². The molecule has 0 fully saturated rings. The fraction of sp³-hybridized carbons (Fsp3) is 0.231. The van der Waals surface area contributed by atoms with Crippen molar-refractivity contribution in [1.29, 1.82) is 0 Å². The Balaban J connectivity index is 1.42. The predicted molar refractivity (Wildman–Crippen MR) is 139 cm³/mol. The molecule has 1 atom stereocenters. The highest BCUT2D eigenvalue weighted by atomic mass is 32.2. The van der Waals surface area contributed by atoms with Gasteiger partial charge in [0.1, 0.15) is 11.8 Å². The first-order valence-electron chi connectivity index (χ1n) is 11.4. The molecule has 4 rings (SSSR count). The first-order chi connectivity index (χ1) is 17.5. The van der Waals surface area contributed by atoms with Crippen LogP contribution in [0.3, 0.4) is 0 Å². The third-order valence-electron chi connectivity index (χ3n) is 5.61. The van der Waals surface area contributed by atoms with E-state index in [1.165, 1.54) is 11.8 Å². The lowest BCUT2D eigenvalue weighted by molar-refractivity contribution is -0.113. The highest BCUT2D eigenvalue weighted by molar-refractivity contribution is 7.99. The summed E-state index contributed by atoms with van der Waals surface area (Å²) in [6.07, 6.45) is 0. The van der Waals surface area contributed by atoms with Gasteiger partial charge in [0, 0.05) is 23.2 Å². The van der Waals surface area contributed by atoms with Gasteiger partial charge in [0.05, 0.1) is 19.5 Å². The van der Waals surface area contributed by atoms with Crippen LogP contribution in [0.5, 0.6) is 5.75 Å². The summed E-state index contributed by atoms with van der Waals surface area (Å²) < 4.78 is 6.90. The third-order valence-corrected chi connectivity index (χ3v) is 6.58. The van der Waals surface area contributed by atoms with Crippen molar-refractivity contribution in [3.63, 3.8) is 0 Å². The molecule has 9 nitrogen and oxygen atoms in total. The Morgan fingerprint density at radius 3 is 2.53 bits per heavy atom.